The number of hydrogen-bond acceptors (Lipinski definition) is 5. The SMILES string of the molecule is O=[N+]([O-])c1cc(Cc2ccccc2Cl)cc(CCCN2CCOCC2)c1O. The molecule has 7 heteroatoms. The number of benzene rings is 2. The Balaban J connectivity index is 1.76. The third-order valence-corrected chi connectivity index (χ3v) is 5.17. The van der Waals surface area contributed by atoms with E-state index in [2.05, 4.69) is 4.90 Å². The second-order valence-corrected chi connectivity index (χ2v) is 7.11. The van der Waals surface area contributed by atoms with Gasteiger partial charge in [0.25, 0.3) is 0 Å². The molecule has 0 radical (unpaired) electrons. The largest absolute Gasteiger partial charge is 0.502 e. The first-order chi connectivity index (χ1) is 13.0. The van der Waals surface area contributed by atoms with E-state index in [0.717, 1.165) is 50.4 Å². The van der Waals surface area contributed by atoms with Gasteiger partial charge in [-0.15, -0.1) is 0 Å². The van der Waals surface area contributed by atoms with Crippen LogP contribution in [0, 0.1) is 10.1 Å². The summed E-state index contributed by atoms with van der Waals surface area (Å²) in [5.41, 5.74) is 2.04. The summed E-state index contributed by atoms with van der Waals surface area (Å²) in [5.74, 6) is -0.232. The van der Waals surface area contributed by atoms with Crippen LogP contribution in [0.3, 0.4) is 0 Å². The average Bonchev–Trinajstić information content (AvgIpc) is 2.66. The topological polar surface area (TPSA) is 75.8 Å². The highest BCUT2D eigenvalue weighted by Gasteiger charge is 2.20. The first-order valence-corrected chi connectivity index (χ1v) is 9.45. The Bertz CT molecular complexity index is 807. The van der Waals surface area contributed by atoms with Gasteiger partial charge in [-0.2, -0.15) is 0 Å². The number of ether oxygens (including phenoxy) is 1. The maximum absolute atomic E-state index is 11.4. The lowest BCUT2D eigenvalue weighted by Gasteiger charge is -2.26. The summed E-state index contributed by atoms with van der Waals surface area (Å²) in [5, 5.41) is 22.3. The quantitative estimate of drug-likeness (QED) is 0.574. The molecule has 1 saturated heterocycles. The van der Waals surface area contributed by atoms with Crippen LogP contribution in [-0.2, 0) is 17.6 Å². The Hall–Kier alpha value is -2.15. The van der Waals surface area contributed by atoms with E-state index < -0.39 is 4.92 Å². The highest BCUT2D eigenvalue weighted by molar-refractivity contribution is 6.31. The number of hydrogen-bond donors (Lipinski definition) is 1. The van der Waals surface area contributed by atoms with Crippen molar-refractivity contribution < 1.29 is 14.8 Å². The molecule has 0 spiro atoms. The predicted molar refractivity (Wildman–Crippen MR) is 105 cm³/mol. The fourth-order valence-corrected chi connectivity index (χ4v) is 3.56. The molecular formula is C20H23ClN2O4. The molecule has 0 aliphatic carbocycles. The van der Waals surface area contributed by atoms with Gasteiger partial charge in [-0.3, -0.25) is 15.0 Å². The average molecular weight is 391 g/mol. The van der Waals surface area contributed by atoms with Gasteiger partial charge < -0.3 is 9.84 Å². The molecule has 0 atom stereocenters. The summed E-state index contributed by atoms with van der Waals surface area (Å²) in [6, 6.07) is 10.7. The molecule has 1 fully saturated rings. The standard InChI is InChI=1S/C20H23ClN2O4/c21-18-6-2-1-4-16(18)12-15-13-17(20(24)19(14-15)23(25)26)5-3-7-22-8-10-27-11-9-22/h1-2,4,6,13-14,24H,3,5,7-12H2. The number of halogens is 1. The van der Waals surface area contributed by atoms with Crippen LogP contribution in [0.15, 0.2) is 36.4 Å². The van der Waals surface area contributed by atoms with Crippen LogP contribution >= 0.6 is 11.6 Å². The molecule has 3 rings (SSSR count). The first-order valence-electron chi connectivity index (χ1n) is 9.07. The molecule has 0 aromatic heterocycles. The van der Waals surface area contributed by atoms with Crippen molar-refractivity contribution >= 4 is 17.3 Å². The van der Waals surface area contributed by atoms with E-state index in [4.69, 9.17) is 16.3 Å². The van der Waals surface area contributed by atoms with E-state index in [9.17, 15) is 15.2 Å². The molecule has 1 N–H and O–H groups in total. The summed E-state index contributed by atoms with van der Waals surface area (Å²) in [7, 11) is 0. The molecule has 0 saturated carbocycles. The Kier molecular flexibility index (Phi) is 6.66. The third kappa shape index (κ3) is 5.19. The molecule has 0 unspecified atom stereocenters. The van der Waals surface area contributed by atoms with E-state index in [1.165, 1.54) is 6.07 Å². The van der Waals surface area contributed by atoms with Gasteiger partial charge in [-0.1, -0.05) is 35.9 Å². The van der Waals surface area contributed by atoms with Crippen molar-refractivity contribution in [2.24, 2.45) is 0 Å². The fraction of sp³-hybridized carbons (Fsp3) is 0.400. The van der Waals surface area contributed by atoms with Crippen molar-refractivity contribution in [2.75, 3.05) is 32.8 Å². The molecule has 144 valence electrons. The van der Waals surface area contributed by atoms with Gasteiger partial charge >= 0.3 is 5.69 Å². The maximum atomic E-state index is 11.4. The highest BCUT2D eigenvalue weighted by atomic mass is 35.5. The molecule has 1 aliphatic heterocycles. The fourth-order valence-electron chi connectivity index (χ4n) is 3.35. The van der Waals surface area contributed by atoms with E-state index in [1.54, 1.807) is 6.07 Å². The van der Waals surface area contributed by atoms with Crippen LogP contribution in [0.1, 0.15) is 23.1 Å². The smallest absolute Gasteiger partial charge is 0.311 e. The van der Waals surface area contributed by atoms with Crippen molar-refractivity contribution in [3.8, 4) is 5.75 Å². The lowest BCUT2D eigenvalue weighted by molar-refractivity contribution is -0.386. The minimum atomic E-state index is -0.531. The van der Waals surface area contributed by atoms with Gasteiger partial charge in [0.2, 0.25) is 0 Å². The molecule has 0 amide bonds. The van der Waals surface area contributed by atoms with Crippen molar-refractivity contribution in [1.29, 1.82) is 0 Å². The summed E-state index contributed by atoms with van der Waals surface area (Å²) in [6.07, 6.45) is 1.89. The van der Waals surface area contributed by atoms with Gasteiger partial charge in [0.1, 0.15) is 0 Å². The van der Waals surface area contributed by atoms with Crippen molar-refractivity contribution in [3.63, 3.8) is 0 Å². The van der Waals surface area contributed by atoms with E-state index >= 15 is 0 Å². The second kappa shape index (κ2) is 9.17. The third-order valence-electron chi connectivity index (χ3n) is 4.80. The van der Waals surface area contributed by atoms with Crippen LogP contribution in [0.2, 0.25) is 5.02 Å². The number of phenols is 1. The molecule has 1 aliphatic rings. The number of rotatable bonds is 7. The Morgan fingerprint density at radius 2 is 1.93 bits per heavy atom. The van der Waals surface area contributed by atoms with E-state index in [1.807, 2.05) is 24.3 Å². The van der Waals surface area contributed by atoms with Crippen LogP contribution < -0.4 is 0 Å². The molecule has 6 nitrogen and oxygen atoms in total. The summed E-state index contributed by atoms with van der Waals surface area (Å²) >= 11 is 6.22. The Labute approximate surface area is 163 Å². The number of morpholine rings is 1. The van der Waals surface area contributed by atoms with E-state index in [0.29, 0.717) is 23.4 Å². The minimum absolute atomic E-state index is 0.232. The number of nitro benzene ring substituents is 1. The lowest BCUT2D eigenvalue weighted by atomic mass is 9.98. The van der Waals surface area contributed by atoms with Crippen LogP contribution in [0.5, 0.6) is 5.75 Å². The number of phenolic OH excluding ortho intramolecular Hbond substituents is 1. The molecular weight excluding hydrogens is 368 g/mol. The molecule has 2 aromatic rings. The van der Waals surface area contributed by atoms with Crippen LogP contribution in [0.4, 0.5) is 5.69 Å². The summed E-state index contributed by atoms with van der Waals surface area (Å²) in [6.45, 7) is 4.16. The number of nitro groups is 1. The Morgan fingerprint density at radius 3 is 2.63 bits per heavy atom. The highest BCUT2D eigenvalue weighted by Crippen LogP contribution is 2.33. The second-order valence-electron chi connectivity index (χ2n) is 6.71. The zero-order chi connectivity index (χ0) is 19.2. The molecule has 1 heterocycles. The van der Waals surface area contributed by atoms with Crippen molar-refractivity contribution in [1.82, 2.24) is 4.90 Å². The van der Waals surface area contributed by atoms with Crippen LogP contribution in [-0.4, -0.2) is 47.8 Å². The maximum Gasteiger partial charge on any atom is 0.311 e. The zero-order valence-electron chi connectivity index (χ0n) is 15.1. The minimum Gasteiger partial charge on any atom is -0.502 e. The summed E-state index contributed by atoms with van der Waals surface area (Å²) < 4.78 is 5.34. The Morgan fingerprint density at radius 1 is 1.19 bits per heavy atom. The molecule has 0 bridgehead atoms. The lowest BCUT2D eigenvalue weighted by Crippen LogP contribution is -2.36. The predicted octanol–water partition coefficient (Wildman–Crippen LogP) is 3.81. The molecule has 27 heavy (non-hydrogen) atoms. The van der Waals surface area contributed by atoms with Crippen molar-refractivity contribution in [3.05, 3.63) is 68.2 Å². The zero-order valence-corrected chi connectivity index (χ0v) is 15.8. The summed E-state index contributed by atoms with van der Waals surface area (Å²) in [4.78, 5) is 13.1. The van der Waals surface area contributed by atoms with Crippen molar-refractivity contribution in [2.45, 2.75) is 19.3 Å². The normalized spacial score (nSPS) is 15.0. The number of nitrogens with zero attached hydrogens (tertiary/aromatic N) is 2. The van der Waals surface area contributed by atoms with Gasteiger partial charge in [0.15, 0.2) is 5.75 Å². The molecule has 2 aromatic carbocycles. The first kappa shape index (κ1) is 19.6. The van der Waals surface area contributed by atoms with Gasteiger partial charge in [-0.05, 0) is 43.0 Å². The van der Waals surface area contributed by atoms with Gasteiger partial charge in [-0.25, -0.2) is 0 Å². The monoisotopic (exact) mass is 390 g/mol. The van der Waals surface area contributed by atoms with Gasteiger partial charge in [0.05, 0.1) is 18.1 Å². The van der Waals surface area contributed by atoms with Crippen LogP contribution in [0.25, 0.3) is 0 Å². The number of aromatic hydroxyl groups is 1. The van der Waals surface area contributed by atoms with E-state index in [-0.39, 0.29) is 11.4 Å². The van der Waals surface area contributed by atoms with Gasteiger partial charge in [0, 0.05) is 29.7 Å². The number of aryl methyl sites for hydroxylation is 1.